The Hall–Kier alpha value is -4.00. The topological polar surface area (TPSA) is 109 Å². The lowest BCUT2D eigenvalue weighted by Crippen LogP contribution is -2.28. The van der Waals surface area contributed by atoms with E-state index in [0.29, 0.717) is 17.4 Å². The van der Waals surface area contributed by atoms with Crippen LogP contribution >= 0.6 is 11.3 Å². The Labute approximate surface area is 188 Å². The van der Waals surface area contributed by atoms with Crippen molar-refractivity contribution in [2.45, 2.75) is 6.54 Å². The van der Waals surface area contributed by atoms with Gasteiger partial charge in [-0.1, -0.05) is 36.4 Å². The SMILES string of the molecule is C#Cc1nc(NC(=O)NCc2ccc(-c3cccc4nc(OCCO)ncc34)cc2)cs1. The Balaban J connectivity index is 1.42. The number of urea groups is 1. The Bertz CT molecular complexity index is 1280. The number of amides is 2. The quantitative estimate of drug-likeness (QED) is 0.376. The second kappa shape index (κ2) is 9.87. The Morgan fingerprint density at radius 3 is 2.78 bits per heavy atom. The summed E-state index contributed by atoms with van der Waals surface area (Å²) in [5, 5.41) is 17.4. The number of thiazole rings is 1. The summed E-state index contributed by atoms with van der Waals surface area (Å²) >= 11 is 1.29. The third-order valence-corrected chi connectivity index (χ3v) is 5.29. The van der Waals surface area contributed by atoms with Crippen molar-refractivity contribution in [1.82, 2.24) is 20.3 Å². The number of nitrogens with one attached hydrogen (secondary N) is 2. The molecule has 32 heavy (non-hydrogen) atoms. The first-order valence-electron chi connectivity index (χ1n) is 9.72. The van der Waals surface area contributed by atoms with Gasteiger partial charge in [0, 0.05) is 23.5 Å². The lowest BCUT2D eigenvalue weighted by Gasteiger charge is -2.09. The van der Waals surface area contributed by atoms with Gasteiger partial charge in [-0.3, -0.25) is 5.32 Å². The van der Waals surface area contributed by atoms with E-state index in [1.165, 1.54) is 11.3 Å². The standard InChI is InChI=1S/C23H19N5O3S/c1-2-21-27-20(14-32-21)28-22(30)24-12-15-6-8-16(9-7-15)17-4-3-5-19-18(17)13-25-23(26-19)31-11-10-29/h1,3-9,13-14,29H,10-12H2,(H2,24,28,30). The van der Waals surface area contributed by atoms with Crippen LogP contribution in [-0.2, 0) is 6.54 Å². The van der Waals surface area contributed by atoms with Gasteiger partial charge in [-0.25, -0.2) is 14.8 Å². The maximum atomic E-state index is 12.1. The molecule has 0 atom stereocenters. The average Bonchev–Trinajstić information content (AvgIpc) is 3.28. The van der Waals surface area contributed by atoms with Crippen molar-refractivity contribution in [3.63, 3.8) is 0 Å². The lowest BCUT2D eigenvalue weighted by molar-refractivity contribution is 0.192. The van der Waals surface area contributed by atoms with Crippen molar-refractivity contribution in [1.29, 1.82) is 0 Å². The van der Waals surface area contributed by atoms with Gasteiger partial charge < -0.3 is 15.2 Å². The molecule has 4 rings (SSSR count). The number of hydrogen-bond acceptors (Lipinski definition) is 7. The van der Waals surface area contributed by atoms with Crippen molar-refractivity contribution in [2.24, 2.45) is 0 Å². The zero-order valence-electron chi connectivity index (χ0n) is 16.9. The number of aliphatic hydroxyl groups is 1. The van der Waals surface area contributed by atoms with Gasteiger partial charge in [0.1, 0.15) is 12.4 Å². The third kappa shape index (κ3) is 5.00. The lowest BCUT2D eigenvalue weighted by atomic mass is 10.0. The molecule has 0 aliphatic carbocycles. The molecule has 0 aliphatic heterocycles. The van der Waals surface area contributed by atoms with Crippen LogP contribution in [0.3, 0.4) is 0 Å². The largest absolute Gasteiger partial charge is 0.461 e. The van der Waals surface area contributed by atoms with Gasteiger partial charge in [-0.2, -0.15) is 4.98 Å². The molecule has 2 aromatic heterocycles. The maximum absolute atomic E-state index is 12.1. The molecule has 0 aliphatic rings. The number of aromatic nitrogens is 3. The third-order valence-electron chi connectivity index (χ3n) is 4.51. The monoisotopic (exact) mass is 445 g/mol. The van der Waals surface area contributed by atoms with E-state index in [-0.39, 0.29) is 25.3 Å². The molecule has 3 N–H and O–H groups in total. The molecular formula is C23H19N5O3S. The number of benzene rings is 2. The van der Waals surface area contributed by atoms with Gasteiger partial charge in [0.05, 0.1) is 12.1 Å². The molecule has 0 radical (unpaired) electrons. The fraction of sp³-hybridized carbons (Fsp3) is 0.130. The number of hydrogen-bond donors (Lipinski definition) is 3. The maximum Gasteiger partial charge on any atom is 0.320 e. The van der Waals surface area contributed by atoms with Crippen molar-refractivity contribution < 1.29 is 14.6 Å². The van der Waals surface area contributed by atoms with Crippen LogP contribution in [0.5, 0.6) is 6.01 Å². The van der Waals surface area contributed by atoms with Crippen LogP contribution in [0.25, 0.3) is 22.0 Å². The van der Waals surface area contributed by atoms with Gasteiger partial charge in [0.15, 0.2) is 5.01 Å². The predicted octanol–water partition coefficient (Wildman–Crippen LogP) is 3.43. The number of nitrogens with zero attached hydrogens (tertiary/aromatic N) is 3. The molecule has 160 valence electrons. The molecule has 0 fully saturated rings. The number of rotatable bonds is 7. The Morgan fingerprint density at radius 1 is 1.19 bits per heavy atom. The van der Waals surface area contributed by atoms with Crippen molar-refractivity contribution in [2.75, 3.05) is 18.5 Å². The number of anilines is 1. The van der Waals surface area contributed by atoms with E-state index in [1.54, 1.807) is 11.6 Å². The van der Waals surface area contributed by atoms with Crippen molar-refractivity contribution in [3.8, 4) is 29.5 Å². The highest BCUT2D eigenvalue weighted by atomic mass is 32.1. The summed E-state index contributed by atoms with van der Waals surface area (Å²) in [6.45, 7) is 0.415. The normalized spacial score (nSPS) is 10.5. The summed E-state index contributed by atoms with van der Waals surface area (Å²) in [5.41, 5.74) is 3.69. The molecule has 2 heterocycles. The van der Waals surface area contributed by atoms with Crippen LogP contribution in [-0.4, -0.2) is 39.3 Å². The zero-order chi connectivity index (χ0) is 22.3. The number of terminal acetylenes is 1. The second-order valence-electron chi connectivity index (χ2n) is 6.65. The van der Waals surface area contributed by atoms with Crippen LogP contribution in [0.2, 0.25) is 0 Å². The fourth-order valence-corrected chi connectivity index (χ4v) is 3.59. The van der Waals surface area contributed by atoms with E-state index < -0.39 is 0 Å². The fourth-order valence-electron chi connectivity index (χ4n) is 3.04. The van der Waals surface area contributed by atoms with Crippen LogP contribution in [0.15, 0.2) is 54.0 Å². The summed E-state index contributed by atoms with van der Waals surface area (Å²) in [6.07, 6.45) is 7.00. The highest BCUT2D eigenvalue weighted by Gasteiger charge is 2.09. The molecule has 0 bridgehead atoms. The first kappa shape index (κ1) is 21.2. The molecule has 0 unspecified atom stereocenters. The van der Waals surface area contributed by atoms with Gasteiger partial charge in [0.2, 0.25) is 0 Å². The molecule has 2 amide bonds. The molecule has 4 aromatic rings. The van der Waals surface area contributed by atoms with E-state index >= 15 is 0 Å². The number of aliphatic hydroxyl groups excluding tert-OH is 1. The molecule has 8 nitrogen and oxygen atoms in total. The van der Waals surface area contributed by atoms with Gasteiger partial charge >= 0.3 is 12.0 Å². The van der Waals surface area contributed by atoms with Crippen molar-refractivity contribution in [3.05, 3.63) is 64.6 Å². The summed E-state index contributed by atoms with van der Waals surface area (Å²) in [5.74, 6) is 2.86. The van der Waals surface area contributed by atoms with E-state index in [9.17, 15) is 4.79 Å². The molecule has 0 spiro atoms. The molecule has 9 heteroatoms. The zero-order valence-corrected chi connectivity index (χ0v) is 17.7. The van der Waals surface area contributed by atoms with E-state index in [1.807, 2.05) is 42.5 Å². The van der Waals surface area contributed by atoms with Crippen LogP contribution in [0.1, 0.15) is 10.6 Å². The predicted molar refractivity (Wildman–Crippen MR) is 123 cm³/mol. The molecule has 2 aromatic carbocycles. The highest BCUT2D eigenvalue weighted by molar-refractivity contribution is 7.10. The summed E-state index contributed by atoms with van der Waals surface area (Å²) < 4.78 is 5.29. The molecule has 0 saturated carbocycles. The van der Waals surface area contributed by atoms with Gasteiger partial charge in [-0.05, 0) is 28.7 Å². The highest BCUT2D eigenvalue weighted by Crippen LogP contribution is 2.28. The minimum atomic E-state index is -0.353. The molecular weight excluding hydrogens is 426 g/mol. The Morgan fingerprint density at radius 2 is 2.03 bits per heavy atom. The minimum absolute atomic E-state index is 0.0954. The summed E-state index contributed by atoms with van der Waals surface area (Å²) in [6, 6.07) is 13.6. The van der Waals surface area contributed by atoms with Gasteiger partial charge in [-0.15, -0.1) is 17.8 Å². The molecule has 0 saturated heterocycles. The number of carbonyl (C=O) groups is 1. The van der Waals surface area contributed by atoms with E-state index in [0.717, 1.165) is 27.6 Å². The first-order chi connectivity index (χ1) is 15.7. The van der Waals surface area contributed by atoms with Gasteiger partial charge in [0.25, 0.3) is 0 Å². The van der Waals surface area contributed by atoms with Crippen molar-refractivity contribution >= 4 is 34.1 Å². The second-order valence-corrected chi connectivity index (χ2v) is 7.51. The van der Waals surface area contributed by atoms with E-state index in [4.69, 9.17) is 16.3 Å². The minimum Gasteiger partial charge on any atom is -0.461 e. The number of ether oxygens (including phenoxy) is 1. The van der Waals surface area contributed by atoms with Crippen LogP contribution < -0.4 is 15.4 Å². The van der Waals surface area contributed by atoms with Crippen LogP contribution in [0.4, 0.5) is 10.6 Å². The van der Waals surface area contributed by atoms with Crippen LogP contribution in [0, 0.1) is 12.3 Å². The van der Waals surface area contributed by atoms with E-state index in [2.05, 4.69) is 31.5 Å². The summed E-state index contributed by atoms with van der Waals surface area (Å²) in [7, 11) is 0. The Kier molecular flexibility index (Phi) is 6.55. The first-order valence-corrected chi connectivity index (χ1v) is 10.6. The number of fused-ring (bicyclic) bond motifs is 1. The average molecular weight is 446 g/mol. The smallest absolute Gasteiger partial charge is 0.320 e. The summed E-state index contributed by atoms with van der Waals surface area (Å²) in [4.78, 5) is 24.8. The number of carbonyl (C=O) groups excluding carboxylic acids is 1.